The van der Waals surface area contributed by atoms with E-state index in [1.165, 1.54) is 0 Å². The van der Waals surface area contributed by atoms with E-state index in [1.54, 1.807) is 0 Å². The van der Waals surface area contributed by atoms with E-state index in [4.69, 9.17) is 39.4 Å². The van der Waals surface area contributed by atoms with Gasteiger partial charge in [0.25, 0.3) is 0 Å². The van der Waals surface area contributed by atoms with Gasteiger partial charge in [0, 0.05) is 52.6 Å². The van der Waals surface area contributed by atoms with Crippen molar-refractivity contribution < 1.29 is 65.6 Å². The number of aliphatic hydroxyl groups excluding tert-OH is 4. The van der Waals surface area contributed by atoms with Gasteiger partial charge in [-0.15, -0.1) is 0 Å². The zero-order valence-corrected chi connectivity index (χ0v) is 22.3. The molecule has 8 nitrogen and oxygen atoms in total. The molecule has 0 radical (unpaired) electrons. The standard InChI is InChI=1S/4C5H12O2.Zr/c4*1-3-7-5(2)4-6;/h4*5-6H,3-4H2,1-2H3;. The number of hydrogen-bond donors (Lipinski definition) is 4. The van der Waals surface area contributed by atoms with Crippen LogP contribution in [-0.4, -0.2) is 97.7 Å². The van der Waals surface area contributed by atoms with Crippen molar-refractivity contribution >= 4 is 0 Å². The summed E-state index contributed by atoms with van der Waals surface area (Å²) in [7, 11) is 0. The van der Waals surface area contributed by atoms with Crippen molar-refractivity contribution in [3.63, 3.8) is 0 Å². The predicted octanol–water partition coefficient (Wildman–Crippen LogP) is 1.61. The third-order valence-corrected chi connectivity index (χ3v) is 2.83. The SMILES string of the molecule is CCOC(C)CO.CCOC(C)CO.CCOC(C)CO.CCOC(C)CO.[Zr]. The second-order valence-electron chi connectivity index (χ2n) is 5.79. The fraction of sp³-hybridized carbons (Fsp3) is 1.00. The molecular weight excluding hydrogens is 459 g/mol. The van der Waals surface area contributed by atoms with E-state index < -0.39 is 0 Å². The van der Waals surface area contributed by atoms with Gasteiger partial charge in [0.05, 0.1) is 50.8 Å². The summed E-state index contributed by atoms with van der Waals surface area (Å²) < 4.78 is 19.8. The van der Waals surface area contributed by atoms with Gasteiger partial charge in [-0.1, -0.05) is 0 Å². The van der Waals surface area contributed by atoms with Gasteiger partial charge in [-0.05, 0) is 55.4 Å². The van der Waals surface area contributed by atoms with Crippen LogP contribution in [0.25, 0.3) is 0 Å². The zero-order valence-electron chi connectivity index (χ0n) is 19.9. The Balaban J connectivity index is -0.0000000873. The van der Waals surface area contributed by atoms with Gasteiger partial charge in [-0.2, -0.15) is 0 Å². The third-order valence-electron chi connectivity index (χ3n) is 2.83. The van der Waals surface area contributed by atoms with E-state index >= 15 is 0 Å². The summed E-state index contributed by atoms with van der Waals surface area (Å²) in [5.41, 5.74) is 0. The molecule has 4 N–H and O–H groups in total. The first-order valence-electron chi connectivity index (χ1n) is 10.1. The van der Waals surface area contributed by atoms with E-state index in [2.05, 4.69) is 0 Å². The minimum absolute atomic E-state index is 0. The Kier molecular flexibility index (Phi) is 49.6. The molecular formula is C20H48O8Zr. The summed E-state index contributed by atoms with van der Waals surface area (Å²) >= 11 is 0. The molecule has 0 aliphatic heterocycles. The molecule has 0 spiro atoms. The molecule has 0 bridgehead atoms. The fourth-order valence-electron chi connectivity index (χ4n) is 1.35. The second-order valence-corrected chi connectivity index (χ2v) is 5.79. The van der Waals surface area contributed by atoms with Crippen LogP contribution in [0, 0.1) is 0 Å². The Morgan fingerprint density at radius 2 is 0.586 bits per heavy atom. The minimum Gasteiger partial charge on any atom is -0.394 e. The molecule has 4 atom stereocenters. The number of ether oxygens (including phenoxy) is 4. The van der Waals surface area contributed by atoms with Crippen LogP contribution >= 0.6 is 0 Å². The maximum absolute atomic E-state index is 8.34. The first kappa shape index (κ1) is 40.0. The molecule has 0 saturated carbocycles. The Morgan fingerprint density at radius 1 is 0.448 bits per heavy atom. The third kappa shape index (κ3) is 47.7. The zero-order chi connectivity index (χ0) is 22.8. The van der Waals surface area contributed by atoms with Crippen molar-refractivity contribution in [3.05, 3.63) is 0 Å². The van der Waals surface area contributed by atoms with Crippen molar-refractivity contribution in [2.24, 2.45) is 0 Å². The number of hydrogen-bond acceptors (Lipinski definition) is 8. The van der Waals surface area contributed by atoms with E-state index in [1.807, 2.05) is 55.4 Å². The summed E-state index contributed by atoms with van der Waals surface area (Å²) in [5, 5.41) is 33.4. The molecule has 9 heteroatoms. The monoisotopic (exact) mass is 506 g/mol. The van der Waals surface area contributed by atoms with Crippen molar-refractivity contribution in [2.75, 3.05) is 52.9 Å². The van der Waals surface area contributed by atoms with Crippen molar-refractivity contribution in [2.45, 2.75) is 79.8 Å². The Hall–Kier alpha value is 0.563. The predicted molar refractivity (Wildman–Crippen MR) is 113 cm³/mol. The van der Waals surface area contributed by atoms with E-state index in [0.29, 0.717) is 26.4 Å². The Labute approximate surface area is 198 Å². The molecule has 0 heterocycles. The van der Waals surface area contributed by atoms with Crippen molar-refractivity contribution in [1.82, 2.24) is 0 Å². The molecule has 0 rings (SSSR count). The van der Waals surface area contributed by atoms with Gasteiger partial charge in [0.15, 0.2) is 0 Å². The maximum atomic E-state index is 8.34. The van der Waals surface area contributed by atoms with Crippen molar-refractivity contribution in [3.8, 4) is 0 Å². The molecule has 0 aromatic carbocycles. The molecule has 0 aromatic heterocycles. The summed E-state index contributed by atoms with van der Waals surface area (Å²) in [6.07, 6.45) is 0.0185. The van der Waals surface area contributed by atoms with Crippen molar-refractivity contribution in [1.29, 1.82) is 0 Å². The van der Waals surface area contributed by atoms with Crippen LogP contribution in [0.4, 0.5) is 0 Å². The van der Waals surface area contributed by atoms with E-state index in [0.717, 1.165) is 0 Å². The van der Waals surface area contributed by atoms with E-state index in [-0.39, 0.29) is 77.0 Å². The van der Waals surface area contributed by atoms with Crippen LogP contribution in [0.2, 0.25) is 0 Å². The van der Waals surface area contributed by atoms with Crippen LogP contribution in [0.15, 0.2) is 0 Å². The van der Waals surface area contributed by atoms with Crippen LogP contribution in [-0.2, 0) is 45.2 Å². The average molecular weight is 508 g/mol. The molecule has 29 heavy (non-hydrogen) atoms. The largest absolute Gasteiger partial charge is 0.394 e. The quantitative estimate of drug-likeness (QED) is 0.315. The normalized spacial score (nSPS) is 13.7. The van der Waals surface area contributed by atoms with Gasteiger partial charge in [-0.25, -0.2) is 0 Å². The number of aliphatic hydroxyl groups is 4. The Bertz CT molecular complexity index is 203. The second kappa shape index (κ2) is 36.0. The molecule has 0 fully saturated rings. The first-order chi connectivity index (χ1) is 13.2. The molecule has 0 aliphatic carbocycles. The van der Waals surface area contributed by atoms with Gasteiger partial charge >= 0.3 is 0 Å². The van der Waals surface area contributed by atoms with Crippen LogP contribution in [0.1, 0.15) is 55.4 Å². The molecule has 0 saturated heterocycles. The molecule has 0 aliphatic rings. The number of rotatable bonds is 12. The van der Waals surface area contributed by atoms with Gasteiger partial charge < -0.3 is 39.4 Å². The smallest absolute Gasteiger partial charge is 0.0777 e. The van der Waals surface area contributed by atoms with Gasteiger partial charge in [0.2, 0.25) is 0 Å². The fourth-order valence-corrected chi connectivity index (χ4v) is 1.35. The van der Waals surface area contributed by atoms with Gasteiger partial charge in [0.1, 0.15) is 0 Å². The summed E-state index contributed by atoms with van der Waals surface area (Å²) in [6.45, 7) is 18.2. The molecule has 4 unspecified atom stereocenters. The molecule has 180 valence electrons. The van der Waals surface area contributed by atoms with E-state index in [9.17, 15) is 0 Å². The maximum Gasteiger partial charge on any atom is 0.0777 e. The van der Waals surface area contributed by atoms with Crippen LogP contribution < -0.4 is 0 Å². The van der Waals surface area contributed by atoms with Crippen LogP contribution in [0.3, 0.4) is 0 Å². The summed E-state index contributed by atoms with van der Waals surface area (Å²) in [6, 6.07) is 0. The topological polar surface area (TPSA) is 118 Å². The van der Waals surface area contributed by atoms with Crippen LogP contribution in [0.5, 0.6) is 0 Å². The summed E-state index contributed by atoms with van der Waals surface area (Å²) in [5.74, 6) is 0. The molecule has 0 aromatic rings. The molecule has 0 amide bonds. The average Bonchev–Trinajstić information content (AvgIpc) is 2.70. The minimum atomic E-state index is 0. The first-order valence-corrected chi connectivity index (χ1v) is 10.1. The Morgan fingerprint density at radius 3 is 0.621 bits per heavy atom. The summed E-state index contributed by atoms with van der Waals surface area (Å²) in [4.78, 5) is 0. The van der Waals surface area contributed by atoms with Gasteiger partial charge in [-0.3, -0.25) is 0 Å².